The van der Waals surface area contributed by atoms with Crippen molar-refractivity contribution in [3.8, 4) is 0 Å². The molecule has 1 N–H and O–H groups in total. The van der Waals surface area contributed by atoms with E-state index in [0.29, 0.717) is 5.69 Å². The topological polar surface area (TPSA) is 61.9 Å². The number of nitrogens with zero attached hydrogens (tertiary/aromatic N) is 2. The molecule has 0 amide bonds. The minimum absolute atomic E-state index is 0.0245. The van der Waals surface area contributed by atoms with E-state index in [2.05, 4.69) is 23.2 Å². The number of nitrogens with one attached hydrogen (secondary N) is 1. The van der Waals surface area contributed by atoms with Crippen LogP contribution >= 0.6 is 0 Å². The number of likely N-dealkylation sites (N-methyl/N-ethyl adjacent to an activating group) is 1. The second-order valence-corrected chi connectivity index (χ2v) is 9.63. The largest absolute Gasteiger partial charge is 0.378 e. The molecule has 0 atom stereocenters. The van der Waals surface area contributed by atoms with Gasteiger partial charge >= 0.3 is 10.2 Å². The van der Waals surface area contributed by atoms with Crippen LogP contribution in [-0.2, 0) is 14.9 Å². The molecule has 0 spiro atoms. The summed E-state index contributed by atoms with van der Waals surface area (Å²) in [5.74, 6) is 0. The molecule has 164 valence electrons. The van der Waals surface area contributed by atoms with E-state index in [1.54, 1.807) is 19.2 Å². The molecule has 1 aromatic carbocycles. The lowest BCUT2D eigenvalue weighted by Gasteiger charge is -2.34. The molecule has 0 saturated heterocycles. The fourth-order valence-corrected chi connectivity index (χ4v) is 4.90. The molecule has 0 aromatic heterocycles. The number of ether oxygens (including phenoxy) is 1. The maximum atomic E-state index is 12.6. The van der Waals surface area contributed by atoms with Crippen LogP contribution < -0.4 is 4.72 Å². The summed E-state index contributed by atoms with van der Waals surface area (Å²) in [5.41, 5.74) is 0.590. The van der Waals surface area contributed by atoms with Crippen molar-refractivity contribution in [1.82, 2.24) is 9.21 Å². The normalized spacial score (nSPS) is 20.1. The second-order valence-electron chi connectivity index (χ2n) is 7.90. The molecule has 1 aliphatic rings. The lowest BCUT2D eigenvalue weighted by atomic mass is 9.93. The van der Waals surface area contributed by atoms with Gasteiger partial charge in [0, 0.05) is 31.9 Å². The summed E-state index contributed by atoms with van der Waals surface area (Å²) in [6, 6.07) is 9.04. The Morgan fingerprint density at radius 1 is 1.10 bits per heavy atom. The first-order chi connectivity index (χ1) is 13.9. The van der Waals surface area contributed by atoms with Crippen molar-refractivity contribution in [2.45, 2.75) is 57.1 Å². The van der Waals surface area contributed by atoms with Crippen LogP contribution in [-0.4, -0.2) is 63.6 Å². The van der Waals surface area contributed by atoms with Crippen molar-refractivity contribution in [2.75, 3.05) is 38.5 Å². The lowest BCUT2D eigenvalue weighted by Crippen LogP contribution is -2.43. The van der Waals surface area contributed by atoms with Crippen LogP contribution in [0, 0.1) is 0 Å². The number of para-hydroxylation sites is 1. The summed E-state index contributed by atoms with van der Waals surface area (Å²) in [5, 5.41) is 0. The fraction of sp³-hybridized carbons (Fsp3) is 0.636. The molecule has 0 aliphatic heterocycles. The summed E-state index contributed by atoms with van der Waals surface area (Å²) in [6.45, 7) is 6.58. The van der Waals surface area contributed by atoms with Crippen LogP contribution in [0.15, 0.2) is 43.0 Å². The average Bonchev–Trinajstić information content (AvgIpc) is 2.71. The highest BCUT2D eigenvalue weighted by molar-refractivity contribution is 7.90. The zero-order valence-corrected chi connectivity index (χ0v) is 18.7. The quantitative estimate of drug-likeness (QED) is 0.386. The van der Waals surface area contributed by atoms with Gasteiger partial charge in [0.25, 0.3) is 0 Å². The molecule has 7 heteroatoms. The van der Waals surface area contributed by atoms with Gasteiger partial charge in [0.2, 0.25) is 0 Å². The van der Waals surface area contributed by atoms with Crippen LogP contribution in [0.1, 0.15) is 44.9 Å². The van der Waals surface area contributed by atoms with Gasteiger partial charge in [-0.3, -0.25) is 4.72 Å². The summed E-state index contributed by atoms with van der Waals surface area (Å²) < 4.78 is 35.4. The van der Waals surface area contributed by atoms with Crippen molar-refractivity contribution in [1.29, 1.82) is 0 Å². The number of rotatable bonds is 13. The van der Waals surface area contributed by atoms with Crippen LogP contribution in [0.25, 0.3) is 0 Å². The van der Waals surface area contributed by atoms with E-state index in [1.165, 1.54) is 17.1 Å². The third-order valence-corrected chi connectivity index (χ3v) is 7.09. The van der Waals surface area contributed by atoms with Gasteiger partial charge in [0.05, 0.1) is 6.10 Å². The second kappa shape index (κ2) is 12.3. The Morgan fingerprint density at radius 3 is 2.45 bits per heavy atom. The predicted molar refractivity (Wildman–Crippen MR) is 120 cm³/mol. The average molecular weight is 424 g/mol. The minimum Gasteiger partial charge on any atom is -0.378 e. The van der Waals surface area contributed by atoms with Crippen molar-refractivity contribution in [3.63, 3.8) is 0 Å². The first kappa shape index (κ1) is 23.9. The molecular formula is C22H37N3O3S. The van der Waals surface area contributed by atoms with E-state index in [9.17, 15) is 8.42 Å². The Balaban J connectivity index is 1.63. The molecule has 2 rings (SSSR count). The number of benzene rings is 1. The van der Waals surface area contributed by atoms with Gasteiger partial charge in [-0.15, -0.1) is 6.58 Å². The highest BCUT2D eigenvalue weighted by Gasteiger charge is 2.30. The zero-order valence-electron chi connectivity index (χ0n) is 17.9. The Hall–Kier alpha value is -1.41. The van der Waals surface area contributed by atoms with Crippen molar-refractivity contribution in [2.24, 2.45) is 0 Å². The SMILES string of the molecule is C=CCN(C)CCCCCO[C@H]1CC[C@H](N(C)S(=O)(=O)Nc2ccccc2)CC1. The number of hydrogen-bond acceptors (Lipinski definition) is 4. The summed E-state index contributed by atoms with van der Waals surface area (Å²) in [4.78, 5) is 2.27. The third kappa shape index (κ3) is 8.46. The highest BCUT2D eigenvalue weighted by atomic mass is 32.2. The number of unbranched alkanes of at least 4 members (excludes halogenated alkanes) is 2. The summed E-state index contributed by atoms with van der Waals surface area (Å²) in [7, 11) is 0.245. The van der Waals surface area contributed by atoms with Crippen molar-refractivity contribution >= 4 is 15.9 Å². The molecule has 1 aromatic rings. The third-order valence-electron chi connectivity index (χ3n) is 5.54. The maximum absolute atomic E-state index is 12.6. The lowest BCUT2D eigenvalue weighted by molar-refractivity contribution is 0.0156. The van der Waals surface area contributed by atoms with Crippen molar-refractivity contribution in [3.05, 3.63) is 43.0 Å². The van der Waals surface area contributed by atoms with E-state index in [0.717, 1.165) is 51.8 Å². The van der Waals surface area contributed by atoms with Gasteiger partial charge in [0.1, 0.15) is 0 Å². The van der Waals surface area contributed by atoms with E-state index >= 15 is 0 Å². The zero-order chi connectivity index (χ0) is 21.1. The predicted octanol–water partition coefficient (Wildman–Crippen LogP) is 3.89. The highest BCUT2D eigenvalue weighted by Crippen LogP contribution is 2.26. The molecule has 1 fully saturated rings. The molecule has 29 heavy (non-hydrogen) atoms. The van der Waals surface area contributed by atoms with Crippen LogP contribution in [0.4, 0.5) is 5.69 Å². The molecule has 0 radical (unpaired) electrons. The van der Waals surface area contributed by atoms with Gasteiger partial charge in [-0.05, 0) is 70.7 Å². The van der Waals surface area contributed by atoms with E-state index in [-0.39, 0.29) is 12.1 Å². The first-order valence-corrected chi connectivity index (χ1v) is 12.1. The van der Waals surface area contributed by atoms with Gasteiger partial charge in [-0.25, -0.2) is 0 Å². The van der Waals surface area contributed by atoms with Crippen LogP contribution in [0.5, 0.6) is 0 Å². The Bertz CT molecular complexity index is 689. The molecule has 1 aliphatic carbocycles. The van der Waals surface area contributed by atoms with E-state index in [4.69, 9.17) is 4.74 Å². The monoisotopic (exact) mass is 423 g/mol. The standard InChI is InChI=1S/C22H37N3O3S/c1-4-17-24(2)18-9-6-10-19-28-22-15-13-21(14-16-22)25(3)29(26,27)23-20-11-7-5-8-12-20/h4-5,7-8,11-12,21-23H,1,6,9-10,13-19H2,2-3H3/t21-,22-. The summed E-state index contributed by atoms with van der Waals surface area (Å²) >= 11 is 0. The van der Waals surface area contributed by atoms with E-state index < -0.39 is 10.2 Å². The van der Waals surface area contributed by atoms with Crippen LogP contribution in [0.2, 0.25) is 0 Å². The number of anilines is 1. The van der Waals surface area contributed by atoms with Crippen molar-refractivity contribution < 1.29 is 13.2 Å². The summed E-state index contributed by atoms with van der Waals surface area (Å²) in [6.07, 6.45) is 9.12. The Kier molecular flexibility index (Phi) is 10.1. The van der Waals surface area contributed by atoms with E-state index in [1.807, 2.05) is 24.3 Å². The smallest absolute Gasteiger partial charge is 0.301 e. The first-order valence-electron chi connectivity index (χ1n) is 10.6. The molecule has 0 bridgehead atoms. The fourth-order valence-electron chi connectivity index (χ4n) is 3.72. The maximum Gasteiger partial charge on any atom is 0.301 e. The Morgan fingerprint density at radius 2 is 1.79 bits per heavy atom. The van der Waals surface area contributed by atoms with Crippen LogP contribution in [0.3, 0.4) is 0 Å². The molecule has 0 heterocycles. The minimum atomic E-state index is -3.54. The Labute approximate surface area is 177 Å². The molecule has 6 nitrogen and oxygen atoms in total. The molecular weight excluding hydrogens is 386 g/mol. The van der Waals surface area contributed by atoms with Gasteiger partial charge in [-0.1, -0.05) is 24.3 Å². The number of hydrogen-bond donors (Lipinski definition) is 1. The molecule has 0 unspecified atom stereocenters. The molecule has 1 saturated carbocycles. The van der Waals surface area contributed by atoms with Gasteiger partial charge < -0.3 is 9.64 Å². The van der Waals surface area contributed by atoms with Gasteiger partial charge in [-0.2, -0.15) is 12.7 Å². The van der Waals surface area contributed by atoms with Gasteiger partial charge in [0.15, 0.2) is 0 Å².